The molecule has 1 aromatic rings. The van der Waals surface area contributed by atoms with Crippen LogP contribution in [-0.4, -0.2) is 55.0 Å². The number of hydrogen-bond donors (Lipinski definition) is 1. The standard InChI is InChI=1S/C14H20FN3O/c15-13-5-2-1-4-12(13)14(19)18-8-3-7-17(9-6-16)10-11-18/h1-2,4-5H,3,6-11,16H2. The smallest absolute Gasteiger partial charge is 0.256 e. The lowest BCUT2D eigenvalue weighted by atomic mass is 10.2. The van der Waals surface area contributed by atoms with E-state index in [0.29, 0.717) is 19.6 Å². The molecule has 104 valence electrons. The topological polar surface area (TPSA) is 49.6 Å². The molecule has 0 unspecified atom stereocenters. The zero-order valence-corrected chi connectivity index (χ0v) is 11.0. The van der Waals surface area contributed by atoms with E-state index < -0.39 is 5.82 Å². The van der Waals surface area contributed by atoms with Crippen LogP contribution in [-0.2, 0) is 0 Å². The van der Waals surface area contributed by atoms with Crippen molar-refractivity contribution in [2.45, 2.75) is 6.42 Å². The molecule has 4 nitrogen and oxygen atoms in total. The Morgan fingerprint density at radius 1 is 1.21 bits per heavy atom. The maximum absolute atomic E-state index is 13.6. The van der Waals surface area contributed by atoms with Gasteiger partial charge in [-0.1, -0.05) is 12.1 Å². The Balaban J connectivity index is 2.02. The molecule has 19 heavy (non-hydrogen) atoms. The van der Waals surface area contributed by atoms with Gasteiger partial charge < -0.3 is 15.5 Å². The van der Waals surface area contributed by atoms with Gasteiger partial charge in [0.1, 0.15) is 5.82 Å². The number of nitrogens with zero attached hydrogens (tertiary/aromatic N) is 2. The van der Waals surface area contributed by atoms with Crippen molar-refractivity contribution in [2.75, 3.05) is 39.3 Å². The van der Waals surface area contributed by atoms with Crippen molar-refractivity contribution in [3.05, 3.63) is 35.6 Å². The van der Waals surface area contributed by atoms with E-state index >= 15 is 0 Å². The fourth-order valence-electron chi connectivity index (χ4n) is 2.39. The van der Waals surface area contributed by atoms with Crippen molar-refractivity contribution in [3.63, 3.8) is 0 Å². The number of carbonyl (C=O) groups is 1. The first-order valence-corrected chi connectivity index (χ1v) is 6.68. The van der Waals surface area contributed by atoms with Crippen LogP contribution in [0.15, 0.2) is 24.3 Å². The molecule has 0 atom stereocenters. The molecule has 2 rings (SSSR count). The van der Waals surface area contributed by atoms with Gasteiger partial charge in [0.25, 0.3) is 5.91 Å². The predicted molar refractivity (Wildman–Crippen MR) is 72.4 cm³/mol. The third-order valence-corrected chi connectivity index (χ3v) is 3.43. The number of amides is 1. The molecule has 1 amide bonds. The van der Waals surface area contributed by atoms with Crippen LogP contribution in [0.25, 0.3) is 0 Å². The molecule has 0 radical (unpaired) electrons. The van der Waals surface area contributed by atoms with Gasteiger partial charge in [-0.15, -0.1) is 0 Å². The van der Waals surface area contributed by atoms with Gasteiger partial charge in [-0.05, 0) is 25.1 Å². The maximum atomic E-state index is 13.6. The molecule has 1 saturated heterocycles. The summed E-state index contributed by atoms with van der Waals surface area (Å²) in [5.74, 6) is -0.664. The number of nitrogens with two attached hydrogens (primary N) is 1. The fourth-order valence-corrected chi connectivity index (χ4v) is 2.39. The van der Waals surface area contributed by atoms with E-state index in [1.165, 1.54) is 6.07 Å². The lowest BCUT2D eigenvalue weighted by Crippen LogP contribution is -2.36. The van der Waals surface area contributed by atoms with E-state index in [0.717, 1.165) is 26.1 Å². The van der Waals surface area contributed by atoms with Crippen molar-refractivity contribution in [1.82, 2.24) is 9.80 Å². The van der Waals surface area contributed by atoms with Gasteiger partial charge in [-0.25, -0.2) is 4.39 Å². The lowest BCUT2D eigenvalue weighted by Gasteiger charge is -2.21. The molecule has 0 aromatic heterocycles. The summed E-state index contributed by atoms with van der Waals surface area (Å²) < 4.78 is 13.6. The van der Waals surface area contributed by atoms with E-state index in [2.05, 4.69) is 4.90 Å². The highest BCUT2D eigenvalue weighted by Gasteiger charge is 2.21. The summed E-state index contributed by atoms with van der Waals surface area (Å²) in [4.78, 5) is 16.3. The second-order valence-electron chi connectivity index (χ2n) is 4.76. The van der Waals surface area contributed by atoms with Gasteiger partial charge in [0, 0.05) is 32.7 Å². The van der Waals surface area contributed by atoms with Crippen LogP contribution in [0, 0.1) is 5.82 Å². The predicted octanol–water partition coefficient (Wildman–Crippen LogP) is 0.932. The number of hydrogen-bond acceptors (Lipinski definition) is 3. The third-order valence-electron chi connectivity index (χ3n) is 3.43. The van der Waals surface area contributed by atoms with Crippen molar-refractivity contribution in [1.29, 1.82) is 0 Å². The second-order valence-corrected chi connectivity index (χ2v) is 4.76. The summed E-state index contributed by atoms with van der Waals surface area (Å²) in [7, 11) is 0. The summed E-state index contributed by atoms with van der Waals surface area (Å²) in [6, 6.07) is 6.15. The minimum absolute atomic E-state index is 0.162. The molecule has 5 heteroatoms. The van der Waals surface area contributed by atoms with E-state index in [1.54, 1.807) is 23.1 Å². The number of rotatable bonds is 3. The van der Waals surface area contributed by atoms with Gasteiger partial charge in [0.15, 0.2) is 0 Å². The molecule has 1 fully saturated rings. The van der Waals surface area contributed by atoms with E-state index in [4.69, 9.17) is 5.73 Å². The molecular formula is C14H20FN3O. The summed E-state index contributed by atoms with van der Waals surface area (Å²) in [5.41, 5.74) is 5.71. The Hall–Kier alpha value is -1.46. The quantitative estimate of drug-likeness (QED) is 0.884. The molecule has 1 aromatic carbocycles. The minimum atomic E-state index is -0.449. The van der Waals surface area contributed by atoms with Crippen LogP contribution >= 0.6 is 0 Å². The molecule has 2 N–H and O–H groups in total. The first-order valence-electron chi connectivity index (χ1n) is 6.68. The van der Waals surface area contributed by atoms with E-state index in [1.807, 2.05) is 0 Å². The molecule has 1 aliphatic rings. The highest BCUT2D eigenvalue weighted by Crippen LogP contribution is 2.12. The van der Waals surface area contributed by atoms with E-state index in [9.17, 15) is 9.18 Å². The van der Waals surface area contributed by atoms with Crippen molar-refractivity contribution >= 4 is 5.91 Å². The van der Waals surface area contributed by atoms with Gasteiger partial charge in [0.2, 0.25) is 0 Å². The summed E-state index contributed by atoms with van der Waals surface area (Å²) in [6.07, 6.45) is 0.903. The number of halogens is 1. The van der Waals surface area contributed by atoms with Crippen LogP contribution in [0.1, 0.15) is 16.8 Å². The monoisotopic (exact) mass is 265 g/mol. The zero-order valence-electron chi connectivity index (χ0n) is 11.0. The lowest BCUT2D eigenvalue weighted by molar-refractivity contribution is 0.0757. The van der Waals surface area contributed by atoms with Crippen molar-refractivity contribution in [2.24, 2.45) is 5.73 Å². The first kappa shape index (κ1) is 14.0. The molecule has 0 aliphatic carbocycles. The van der Waals surface area contributed by atoms with Crippen LogP contribution in [0.3, 0.4) is 0 Å². The molecule has 0 bridgehead atoms. The highest BCUT2D eigenvalue weighted by atomic mass is 19.1. The Morgan fingerprint density at radius 2 is 2.00 bits per heavy atom. The molecule has 1 aliphatic heterocycles. The van der Waals surface area contributed by atoms with Crippen LogP contribution in [0.5, 0.6) is 0 Å². The Kier molecular flexibility index (Phi) is 4.87. The largest absolute Gasteiger partial charge is 0.337 e. The van der Waals surface area contributed by atoms with E-state index in [-0.39, 0.29) is 11.5 Å². The normalized spacial score (nSPS) is 17.3. The maximum Gasteiger partial charge on any atom is 0.256 e. The average Bonchev–Trinajstić information content (AvgIpc) is 2.65. The highest BCUT2D eigenvalue weighted by molar-refractivity contribution is 5.94. The van der Waals surface area contributed by atoms with Crippen molar-refractivity contribution in [3.8, 4) is 0 Å². The SMILES string of the molecule is NCCN1CCCN(C(=O)c2ccccc2F)CC1. The fraction of sp³-hybridized carbons (Fsp3) is 0.500. The van der Waals surface area contributed by atoms with Crippen LogP contribution in [0.4, 0.5) is 4.39 Å². The first-order chi connectivity index (χ1) is 9.22. The Labute approximate surface area is 113 Å². The van der Waals surface area contributed by atoms with Gasteiger partial charge >= 0.3 is 0 Å². The summed E-state index contributed by atoms with van der Waals surface area (Å²) in [5, 5.41) is 0. The Morgan fingerprint density at radius 3 is 2.74 bits per heavy atom. The number of carbonyl (C=O) groups excluding carboxylic acids is 1. The van der Waals surface area contributed by atoms with Crippen molar-refractivity contribution < 1.29 is 9.18 Å². The minimum Gasteiger partial charge on any atom is -0.337 e. The zero-order chi connectivity index (χ0) is 13.7. The summed E-state index contributed by atoms with van der Waals surface area (Å²) in [6.45, 7) is 4.53. The summed E-state index contributed by atoms with van der Waals surface area (Å²) >= 11 is 0. The third kappa shape index (κ3) is 3.52. The average molecular weight is 265 g/mol. The van der Waals surface area contributed by atoms with Gasteiger partial charge in [-0.2, -0.15) is 0 Å². The molecule has 0 spiro atoms. The molecular weight excluding hydrogens is 245 g/mol. The van der Waals surface area contributed by atoms with Gasteiger partial charge in [-0.3, -0.25) is 4.79 Å². The molecule has 0 saturated carbocycles. The Bertz CT molecular complexity index is 438. The van der Waals surface area contributed by atoms with Crippen LogP contribution in [0.2, 0.25) is 0 Å². The van der Waals surface area contributed by atoms with Gasteiger partial charge in [0.05, 0.1) is 5.56 Å². The van der Waals surface area contributed by atoms with Crippen LogP contribution < -0.4 is 5.73 Å². The molecule has 1 heterocycles. The second kappa shape index (κ2) is 6.63. The number of benzene rings is 1.